The van der Waals surface area contributed by atoms with Gasteiger partial charge < -0.3 is 20.5 Å². The number of hydrogen-bond acceptors (Lipinski definition) is 3. The molecule has 1 aromatic rings. The molecule has 5 heteroatoms. The van der Waals surface area contributed by atoms with Crippen LogP contribution in [0.2, 0.25) is 0 Å². The quantitative estimate of drug-likeness (QED) is 0.640. The Labute approximate surface area is 131 Å². The van der Waals surface area contributed by atoms with E-state index in [1.165, 1.54) is 30.4 Å². The number of fused-ring (bicyclic) bond motifs is 1. The summed E-state index contributed by atoms with van der Waals surface area (Å²) in [6.07, 6.45) is 4.56. The predicted molar refractivity (Wildman–Crippen MR) is 86.9 cm³/mol. The zero-order valence-corrected chi connectivity index (χ0v) is 13.2. The third kappa shape index (κ3) is 3.10. The smallest absolute Gasteiger partial charge is 0.188 e. The van der Waals surface area contributed by atoms with Gasteiger partial charge in [-0.15, -0.1) is 0 Å². The van der Waals surface area contributed by atoms with E-state index in [9.17, 15) is 0 Å². The van der Waals surface area contributed by atoms with E-state index in [-0.39, 0.29) is 0 Å². The Kier molecular flexibility index (Phi) is 4.64. The summed E-state index contributed by atoms with van der Waals surface area (Å²) in [6, 6.07) is 8.86. The van der Waals surface area contributed by atoms with Crippen LogP contribution in [0.3, 0.4) is 0 Å². The molecular weight excluding hydrogens is 278 g/mol. The fourth-order valence-electron chi connectivity index (χ4n) is 3.17. The van der Waals surface area contributed by atoms with Crippen molar-refractivity contribution in [2.24, 2.45) is 10.7 Å². The van der Waals surface area contributed by atoms with E-state index in [4.69, 9.17) is 15.2 Å². The molecular formula is C17H25N3O2. The van der Waals surface area contributed by atoms with Crippen LogP contribution < -0.4 is 11.1 Å². The maximum Gasteiger partial charge on any atom is 0.188 e. The topological polar surface area (TPSA) is 68.9 Å². The highest BCUT2D eigenvalue weighted by Gasteiger charge is 2.38. The van der Waals surface area contributed by atoms with Crippen LogP contribution in [0.4, 0.5) is 0 Å². The van der Waals surface area contributed by atoms with E-state index >= 15 is 0 Å². The van der Waals surface area contributed by atoms with Crippen molar-refractivity contribution >= 4 is 5.96 Å². The Morgan fingerprint density at radius 3 is 3.00 bits per heavy atom. The van der Waals surface area contributed by atoms with Gasteiger partial charge in [0.1, 0.15) is 5.60 Å². The third-order valence-electron chi connectivity index (χ3n) is 4.60. The Morgan fingerprint density at radius 2 is 2.27 bits per heavy atom. The molecule has 1 fully saturated rings. The summed E-state index contributed by atoms with van der Waals surface area (Å²) < 4.78 is 11.5. The van der Waals surface area contributed by atoms with Gasteiger partial charge in [0.15, 0.2) is 5.96 Å². The van der Waals surface area contributed by atoms with Crippen molar-refractivity contribution in [1.29, 1.82) is 0 Å². The predicted octanol–water partition coefficient (Wildman–Crippen LogP) is 1.56. The number of benzene rings is 1. The number of ether oxygens (including phenoxy) is 2. The van der Waals surface area contributed by atoms with Crippen LogP contribution in [-0.2, 0) is 21.5 Å². The van der Waals surface area contributed by atoms with Crippen LogP contribution in [-0.4, -0.2) is 38.9 Å². The molecule has 2 aliphatic rings. The number of nitrogens with one attached hydrogen (secondary N) is 1. The first-order chi connectivity index (χ1) is 10.7. The van der Waals surface area contributed by atoms with Gasteiger partial charge >= 0.3 is 0 Å². The molecule has 0 saturated heterocycles. The van der Waals surface area contributed by atoms with Crippen molar-refractivity contribution in [3.05, 3.63) is 35.4 Å². The van der Waals surface area contributed by atoms with E-state index in [0.29, 0.717) is 31.8 Å². The fourth-order valence-corrected chi connectivity index (χ4v) is 3.17. The minimum absolute atomic E-state index is 0.476. The first-order valence-electron chi connectivity index (χ1n) is 8.01. The Balaban J connectivity index is 1.78. The van der Waals surface area contributed by atoms with Gasteiger partial charge in [-0.2, -0.15) is 0 Å². The van der Waals surface area contributed by atoms with Crippen molar-refractivity contribution in [2.45, 2.75) is 37.3 Å². The number of aliphatic imine (C=N–C) groups is 1. The van der Waals surface area contributed by atoms with Gasteiger partial charge in [0.2, 0.25) is 0 Å². The molecule has 22 heavy (non-hydrogen) atoms. The van der Waals surface area contributed by atoms with Gasteiger partial charge in [-0.3, -0.25) is 0 Å². The summed E-state index contributed by atoms with van der Waals surface area (Å²) >= 11 is 0. The van der Waals surface area contributed by atoms with E-state index in [1.807, 2.05) is 6.07 Å². The second-order valence-electron chi connectivity index (χ2n) is 6.16. The van der Waals surface area contributed by atoms with Crippen molar-refractivity contribution in [3.8, 4) is 0 Å². The molecule has 0 spiro atoms. The standard InChI is InChI=1S/C17H25N3O2/c1-21-12-17(11-19-16(18)20-14-6-4-7-14)15-8-3-2-5-13(15)9-10-22-17/h2-3,5,8,14H,4,6-7,9-12H2,1H3,(H3,18,19,20). The number of methoxy groups -OCH3 is 1. The van der Waals surface area contributed by atoms with Gasteiger partial charge in [0.25, 0.3) is 0 Å². The average Bonchev–Trinajstić information content (AvgIpc) is 2.50. The highest BCUT2D eigenvalue weighted by Crippen LogP contribution is 2.34. The normalized spacial score (nSPS) is 25.4. The molecule has 1 saturated carbocycles. The Bertz CT molecular complexity index is 542. The highest BCUT2D eigenvalue weighted by molar-refractivity contribution is 5.78. The van der Waals surface area contributed by atoms with Crippen LogP contribution >= 0.6 is 0 Å². The zero-order valence-electron chi connectivity index (χ0n) is 13.2. The molecule has 5 nitrogen and oxygen atoms in total. The van der Waals surface area contributed by atoms with E-state index in [1.54, 1.807) is 7.11 Å². The molecule has 0 amide bonds. The third-order valence-corrected chi connectivity index (χ3v) is 4.60. The van der Waals surface area contributed by atoms with Crippen molar-refractivity contribution < 1.29 is 9.47 Å². The molecule has 1 aliphatic heterocycles. The molecule has 0 aromatic heterocycles. The van der Waals surface area contributed by atoms with Crippen LogP contribution in [0.5, 0.6) is 0 Å². The van der Waals surface area contributed by atoms with Crippen molar-refractivity contribution in [2.75, 3.05) is 26.9 Å². The number of rotatable bonds is 5. The lowest BCUT2D eigenvalue weighted by Crippen LogP contribution is -2.46. The van der Waals surface area contributed by atoms with Crippen molar-refractivity contribution in [1.82, 2.24) is 5.32 Å². The molecule has 1 heterocycles. The summed E-state index contributed by atoms with van der Waals surface area (Å²) in [7, 11) is 1.70. The summed E-state index contributed by atoms with van der Waals surface area (Å²) in [5.41, 5.74) is 7.97. The SMILES string of the molecule is COCC1(CN=C(N)NC2CCC2)OCCc2ccccc21. The fraction of sp³-hybridized carbons (Fsp3) is 0.588. The monoisotopic (exact) mass is 303 g/mol. The van der Waals surface area contributed by atoms with Crippen molar-refractivity contribution in [3.63, 3.8) is 0 Å². The molecule has 1 aromatic carbocycles. The minimum atomic E-state index is -0.532. The number of guanidine groups is 1. The second kappa shape index (κ2) is 6.67. The number of hydrogen-bond donors (Lipinski definition) is 2. The molecule has 3 rings (SSSR count). The van der Waals surface area contributed by atoms with E-state index < -0.39 is 5.60 Å². The zero-order chi connectivity index (χ0) is 15.4. The van der Waals surface area contributed by atoms with Gasteiger partial charge in [-0.1, -0.05) is 24.3 Å². The molecule has 0 bridgehead atoms. The summed E-state index contributed by atoms with van der Waals surface area (Å²) in [5.74, 6) is 0.506. The van der Waals surface area contributed by atoms with E-state index in [2.05, 4.69) is 28.5 Å². The first kappa shape index (κ1) is 15.3. The minimum Gasteiger partial charge on any atom is -0.381 e. The average molecular weight is 303 g/mol. The molecule has 1 unspecified atom stereocenters. The van der Waals surface area contributed by atoms with Gasteiger partial charge in [-0.05, 0) is 36.8 Å². The molecule has 1 atom stereocenters. The van der Waals surface area contributed by atoms with Crippen LogP contribution in [0.1, 0.15) is 30.4 Å². The largest absolute Gasteiger partial charge is 0.381 e. The number of nitrogens with two attached hydrogens (primary N) is 1. The lowest BCUT2D eigenvalue weighted by atomic mass is 9.86. The first-order valence-corrected chi connectivity index (χ1v) is 8.01. The lowest BCUT2D eigenvalue weighted by Gasteiger charge is -2.37. The summed E-state index contributed by atoms with van der Waals surface area (Å²) in [4.78, 5) is 4.54. The summed E-state index contributed by atoms with van der Waals surface area (Å²) in [5, 5.41) is 3.27. The lowest BCUT2D eigenvalue weighted by molar-refractivity contribution is -0.0960. The van der Waals surface area contributed by atoms with Gasteiger partial charge in [0.05, 0.1) is 19.8 Å². The molecule has 3 N–H and O–H groups in total. The van der Waals surface area contributed by atoms with Crippen LogP contribution in [0.15, 0.2) is 29.3 Å². The van der Waals surface area contributed by atoms with Crippen LogP contribution in [0.25, 0.3) is 0 Å². The molecule has 1 aliphatic carbocycles. The molecule has 0 radical (unpaired) electrons. The second-order valence-corrected chi connectivity index (χ2v) is 6.16. The van der Waals surface area contributed by atoms with Gasteiger partial charge in [-0.25, -0.2) is 4.99 Å². The summed E-state index contributed by atoms with van der Waals surface area (Å²) in [6.45, 7) is 1.64. The molecule has 120 valence electrons. The van der Waals surface area contributed by atoms with Gasteiger partial charge in [0, 0.05) is 13.2 Å². The Hall–Kier alpha value is -1.59. The van der Waals surface area contributed by atoms with Crippen LogP contribution in [0, 0.1) is 0 Å². The number of nitrogens with zero attached hydrogens (tertiary/aromatic N) is 1. The Morgan fingerprint density at radius 1 is 1.45 bits per heavy atom. The maximum absolute atomic E-state index is 6.11. The van der Waals surface area contributed by atoms with E-state index in [0.717, 1.165) is 6.42 Å². The maximum atomic E-state index is 6.11. The highest BCUT2D eigenvalue weighted by atomic mass is 16.5.